The molecule has 2 N–H and O–H groups in total. The number of aromatic nitrogens is 2. The summed E-state index contributed by atoms with van der Waals surface area (Å²) in [4.78, 5) is 12.3. The number of nitrogens with two attached hydrogens (primary N) is 1. The zero-order valence-corrected chi connectivity index (χ0v) is 12.1. The third-order valence-electron chi connectivity index (χ3n) is 3.07. The Morgan fingerprint density at radius 3 is 2.72 bits per heavy atom. The summed E-state index contributed by atoms with van der Waals surface area (Å²) in [5, 5.41) is 4.54. The summed E-state index contributed by atoms with van der Waals surface area (Å²) >= 11 is 6.02. The van der Waals surface area contributed by atoms with Crippen molar-refractivity contribution in [2.24, 2.45) is 11.7 Å². The molecule has 1 aromatic rings. The molecule has 0 aliphatic carbocycles. The second-order valence-corrected chi connectivity index (χ2v) is 5.24. The number of hydrogen-bond donors (Lipinski definition) is 1. The molecule has 0 saturated carbocycles. The van der Waals surface area contributed by atoms with Crippen molar-refractivity contribution in [3.05, 3.63) is 16.9 Å². The molecule has 18 heavy (non-hydrogen) atoms. The molecule has 1 rings (SSSR count). The summed E-state index contributed by atoms with van der Waals surface area (Å²) in [6, 6.07) is 0.192. The minimum absolute atomic E-state index is 0.0387. The predicted octanol–water partition coefficient (Wildman–Crippen LogP) is 2.89. The van der Waals surface area contributed by atoms with Gasteiger partial charge in [-0.1, -0.05) is 24.9 Å². The van der Waals surface area contributed by atoms with Gasteiger partial charge in [-0.3, -0.25) is 9.48 Å². The zero-order chi connectivity index (χ0) is 13.7. The summed E-state index contributed by atoms with van der Waals surface area (Å²) in [6.45, 7) is 6.52. The fraction of sp³-hybridized carbons (Fsp3) is 0.692. The van der Waals surface area contributed by atoms with Crippen LogP contribution in [0.25, 0.3) is 0 Å². The third-order valence-corrected chi connectivity index (χ3v) is 3.35. The number of hydrogen-bond acceptors (Lipinski definition) is 3. The van der Waals surface area contributed by atoms with Gasteiger partial charge in [0.15, 0.2) is 5.78 Å². The molecule has 0 amide bonds. The Kier molecular flexibility index (Phi) is 5.82. The number of Topliss-reactive ketones (excluding diaryl/α,β-unsaturated/α-hetero) is 1. The SMILES string of the molecule is CCn1ncc(Cl)c1C(=O)C(C)CCCC(C)N. The molecule has 1 heterocycles. The number of carbonyl (C=O) groups excluding carboxylic acids is 1. The normalized spacial score (nSPS) is 14.5. The van der Waals surface area contributed by atoms with Crippen LogP contribution in [0.4, 0.5) is 0 Å². The molecule has 102 valence electrons. The average molecular weight is 272 g/mol. The van der Waals surface area contributed by atoms with Crippen LogP contribution in [0.5, 0.6) is 0 Å². The van der Waals surface area contributed by atoms with Gasteiger partial charge in [0.05, 0.1) is 11.2 Å². The van der Waals surface area contributed by atoms with Crippen LogP contribution in [0.1, 0.15) is 50.5 Å². The summed E-state index contributed by atoms with van der Waals surface area (Å²) in [5.41, 5.74) is 6.23. The highest BCUT2D eigenvalue weighted by molar-refractivity contribution is 6.33. The Balaban J connectivity index is 2.65. The van der Waals surface area contributed by atoms with Crippen molar-refractivity contribution in [3.63, 3.8) is 0 Å². The predicted molar refractivity (Wildman–Crippen MR) is 73.9 cm³/mol. The number of ketones is 1. The molecule has 0 fully saturated rings. The molecule has 1 aromatic heterocycles. The van der Waals surface area contributed by atoms with Gasteiger partial charge in [-0.25, -0.2) is 0 Å². The fourth-order valence-electron chi connectivity index (χ4n) is 1.96. The van der Waals surface area contributed by atoms with Crippen LogP contribution in [-0.4, -0.2) is 21.6 Å². The third kappa shape index (κ3) is 3.82. The van der Waals surface area contributed by atoms with Crippen molar-refractivity contribution < 1.29 is 4.79 Å². The van der Waals surface area contributed by atoms with Crippen LogP contribution in [0.15, 0.2) is 6.20 Å². The second kappa shape index (κ2) is 6.90. The fourth-order valence-corrected chi connectivity index (χ4v) is 2.19. The summed E-state index contributed by atoms with van der Waals surface area (Å²) < 4.78 is 1.66. The number of halogens is 1. The van der Waals surface area contributed by atoms with Crippen LogP contribution in [0.2, 0.25) is 5.02 Å². The summed E-state index contributed by atoms with van der Waals surface area (Å²) in [6.07, 6.45) is 4.28. The largest absolute Gasteiger partial charge is 0.328 e. The summed E-state index contributed by atoms with van der Waals surface area (Å²) in [7, 11) is 0. The summed E-state index contributed by atoms with van der Waals surface area (Å²) in [5.74, 6) is 0.0345. The lowest BCUT2D eigenvalue weighted by molar-refractivity contribution is 0.0911. The molecular weight excluding hydrogens is 250 g/mol. The second-order valence-electron chi connectivity index (χ2n) is 4.83. The number of carbonyl (C=O) groups is 1. The Bertz CT molecular complexity index is 401. The standard InChI is InChI=1S/C13H22ClN3O/c1-4-17-12(11(14)8-16-17)13(18)9(2)6-5-7-10(3)15/h8-10H,4-7,15H2,1-3H3. The van der Waals surface area contributed by atoms with Gasteiger partial charge in [-0.05, 0) is 26.7 Å². The molecule has 0 aliphatic heterocycles. The highest BCUT2D eigenvalue weighted by Gasteiger charge is 2.22. The van der Waals surface area contributed by atoms with E-state index in [1.165, 1.54) is 6.20 Å². The molecule has 2 unspecified atom stereocenters. The first-order valence-corrected chi connectivity index (χ1v) is 6.86. The Morgan fingerprint density at radius 2 is 2.17 bits per heavy atom. The molecule has 0 aromatic carbocycles. The minimum Gasteiger partial charge on any atom is -0.328 e. The monoisotopic (exact) mass is 271 g/mol. The highest BCUT2D eigenvalue weighted by atomic mass is 35.5. The van der Waals surface area contributed by atoms with Crippen molar-refractivity contribution in [1.29, 1.82) is 0 Å². The molecule has 0 radical (unpaired) electrons. The molecular formula is C13H22ClN3O. The van der Waals surface area contributed by atoms with Crippen molar-refractivity contribution in [1.82, 2.24) is 9.78 Å². The van der Waals surface area contributed by atoms with E-state index in [4.69, 9.17) is 17.3 Å². The molecule has 5 heteroatoms. The van der Waals surface area contributed by atoms with Crippen molar-refractivity contribution in [2.75, 3.05) is 0 Å². The lowest BCUT2D eigenvalue weighted by Crippen LogP contribution is -2.19. The molecule has 0 bridgehead atoms. The maximum Gasteiger partial charge on any atom is 0.185 e. The maximum atomic E-state index is 12.3. The molecule has 0 saturated heterocycles. The smallest absolute Gasteiger partial charge is 0.185 e. The quantitative estimate of drug-likeness (QED) is 0.776. The van der Waals surface area contributed by atoms with Crippen LogP contribution in [0, 0.1) is 5.92 Å². The van der Waals surface area contributed by atoms with Gasteiger partial charge < -0.3 is 5.73 Å². The lowest BCUT2D eigenvalue weighted by atomic mass is 9.96. The molecule has 4 nitrogen and oxygen atoms in total. The van der Waals surface area contributed by atoms with Crippen LogP contribution >= 0.6 is 11.6 Å². The van der Waals surface area contributed by atoms with Gasteiger partial charge in [-0.15, -0.1) is 0 Å². The van der Waals surface area contributed by atoms with E-state index in [0.717, 1.165) is 19.3 Å². The highest BCUT2D eigenvalue weighted by Crippen LogP contribution is 2.21. The van der Waals surface area contributed by atoms with E-state index < -0.39 is 0 Å². The van der Waals surface area contributed by atoms with Crippen LogP contribution in [-0.2, 0) is 6.54 Å². The lowest BCUT2D eigenvalue weighted by Gasteiger charge is -2.12. The average Bonchev–Trinajstić information content (AvgIpc) is 2.68. The minimum atomic E-state index is -0.0387. The molecule has 0 spiro atoms. The first kappa shape index (κ1) is 15.2. The van der Waals surface area contributed by atoms with E-state index in [0.29, 0.717) is 17.3 Å². The van der Waals surface area contributed by atoms with E-state index >= 15 is 0 Å². The van der Waals surface area contributed by atoms with Crippen LogP contribution < -0.4 is 5.73 Å². The van der Waals surface area contributed by atoms with E-state index in [9.17, 15) is 4.79 Å². The van der Waals surface area contributed by atoms with Crippen molar-refractivity contribution in [3.8, 4) is 0 Å². The zero-order valence-electron chi connectivity index (χ0n) is 11.3. The van der Waals surface area contributed by atoms with Gasteiger partial charge in [0.1, 0.15) is 5.69 Å². The van der Waals surface area contributed by atoms with Gasteiger partial charge in [-0.2, -0.15) is 5.10 Å². The van der Waals surface area contributed by atoms with E-state index in [2.05, 4.69) is 5.10 Å². The van der Waals surface area contributed by atoms with E-state index in [1.54, 1.807) is 4.68 Å². The van der Waals surface area contributed by atoms with Gasteiger partial charge in [0, 0.05) is 18.5 Å². The first-order valence-electron chi connectivity index (χ1n) is 6.48. The first-order chi connectivity index (χ1) is 8.47. The van der Waals surface area contributed by atoms with Gasteiger partial charge >= 0.3 is 0 Å². The van der Waals surface area contributed by atoms with Gasteiger partial charge in [0.25, 0.3) is 0 Å². The number of aryl methyl sites for hydroxylation is 1. The Morgan fingerprint density at radius 1 is 1.50 bits per heavy atom. The van der Waals surface area contributed by atoms with Crippen molar-refractivity contribution >= 4 is 17.4 Å². The van der Waals surface area contributed by atoms with E-state index in [1.807, 2.05) is 20.8 Å². The topological polar surface area (TPSA) is 60.9 Å². The molecule has 0 aliphatic rings. The maximum absolute atomic E-state index is 12.3. The van der Waals surface area contributed by atoms with Crippen LogP contribution in [0.3, 0.4) is 0 Å². The van der Waals surface area contributed by atoms with Crippen molar-refractivity contribution in [2.45, 2.75) is 52.6 Å². The van der Waals surface area contributed by atoms with E-state index in [-0.39, 0.29) is 17.7 Å². The Labute approximate surface area is 113 Å². The Hall–Kier alpha value is -0.870. The number of rotatable bonds is 7. The number of nitrogens with zero attached hydrogens (tertiary/aromatic N) is 2. The molecule has 2 atom stereocenters. The van der Waals surface area contributed by atoms with Gasteiger partial charge in [0.2, 0.25) is 0 Å².